The van der Waals surface area contributed by atoms with E-state index in [1.165, 1.54) is 4.88 Å². The summed E-state index contributed by atoms with van der Waals surface area (Å²) in [6.45, 7) is -0.0402. The van der Waals surface area contributed by atoms with Crippen LogP contribution in [-0.2, 0) is 24.2 Å². The van der Waals surface area contributed by atoms with Gasteiger partial charge in [-0.25, -0.2) is 9.78 Å². The maximum absolute atomic E-state index is 12.3. The topological polar surface area (TPSA) is 72.0 Å². The molecule has 116 valence electrons. The molecule has 0 fully saturated rings. The molecule has 1 N–H and O–H groups in total. The molecule has 0 saturated carbocycles. The van der Waals surface area contributed by atoms with Crippen molar-refractivity contribution in [3.05, 3.63) is 62.5 Å². The molecule has 0 bridgehead atoms. The third-order valence-corrected chi connectivity index (χ3v) is 5.16. The van der Waals surface area contributed by atoms with Crippen molar-refractivity contribution in [2.45, 2.75) is 25.9 Å². The number of benzene rings is 1. The Kier molecular flexibility index (Phi) is 3.46. The quantitative estimate of drug-likeness (QED) is 0.751. The van der Waals surface area contributed by atoms with E-state index in [1.54, 1.807) is 35.6 Å². The number of aryl methyl sites for hydroxylation is 2. The number of carbonyl (C=O) groups is 1. The van der Waals surface area contributed by atoms with Gasteiger partial charge < -0.3 is 9.72 Å². The smallest absolute Gasteiger partial charge is 0.338 e. The van der Waals surface area contributed by atoms with Crippen molar-refractivity contribution in [2.75, 3.05) is 0 Å². The van der Waals surface area contributed by atoms with Crippen LogP contribution in [0.3, 0.4) is 0 Å². The first-order valence-electron chi connectivity index (χ1n) is 7.48. The third kappa shape index (κ3) is 2.55. The molecule has 2 aromatic heterocycles. The van der Waals surface area contributed by atoms with Crippen molar-refractivity contribution < 1.29 is 9.53 Å². The molecule has 6 heteroatoms. The van der Waals surface area contributed by atoms with Gasteiger partial charge in [-0.3, -0.25) is 4.79 Å². The highest BCUT2D eigenvalue weighted by atomic mass is 32.1. The van der Waals surface area contributed by atoms with E-state index in [4.69, 9.17) is 4.74 Å². The minimum absolute atomic E-state index is 0.0402. The molecular formula is C17H14N2O3S. The number of rotatable bonds is 3. The van der Waals surface area contributed by atoms with Crippen molar-refractivity contribution in [1.82, 2.24) is 9.97 Å². The molecule has 5 nitrogen and oxygen atoms in total. The van der Waals surface area contributed by atoms with E-state index in [0.717, 1.165) is 29.7 Å². The molecule has 0 aliphatic heterocycles. The molecule has 2 heterocycles. The van der Waals surface area contributed by atoms with Gasteiger partial charge in [0.1, 0.15) is 17.3 Å². The van der Waals surface area contributed by atoms with E-state index in [2.05, 4.69) is 9.97 Å². The van der Waals surface area contributed by atoms with E-state index in [9.17, 15) is 9.59 Å². The molecule has 0 unspecified atom stereocenters. The predicted octanol–water partition coefficient (Wildman–Crippen LogP) is 2.83. The zero-order chi connectivity index (χ0) is 15.8. The fourth-order valence-corrected chi connectivity index (χ4v) is 4.19. The van der Waals surface area contributed by atoms with Gasteiger partial charge in [0.2, 0.25) is 0 Å². The van der Waals surface area contributed by atoms with Gasteiger partial charge in [0.05, 0.1) is 10.9 Å². The summed E-state index contributed by atoms with van der Waals surface area (Å²) in [7, 11) is 0. The lowest BCUT2D eigenvalue weighted by Gasteiger charge is -2.04. The van der Waals surface area contributed by atoms with Crippen LogP contribution in [0.5, 0.6) is 0 Å². The number of hydrogen-bond donors (Lipinski definition) is 1. The van der Waals surface area contributed by atoms with Crippen molar-refractivity contribution in [2.24, 2.45) is 0 Å². The summed E-state index contributed by atoms with van der Waals surface area (Å²) in [6, 6.07) is 8.75. The summed E-state index contributed by atoms with van der Waals surface area (Å²) >= 11 is 1.57. The van der Waals surface area contributed by atoms with E-state index < -0.39 is 5.97 Å². The highest BCUT2D eigenvalue weighted by Crippen LogP contribution is 2.34. The molecule has 1 aliphatic carbocycles. The SMILES string of the molecule is O=C(OCc1nc2sc3c(c2c(=O)[nH]1)CCC3)c1ccccc1. The van der Waals surface area contributed by atoms with Gasteiger partial charge in [0, 0.05) is 4.88 Å². The van der Waals surface area contributed by atoms with Gasteiger partial charge in [-0.05, 0) is 37.0 Å². The summed E-state index contributed by atoms with van der Waals surface area (Å²) in [5.74, 6) is -0.0475. The Hall–Kier alpha value is -2.47. The minimum atomic E-state index is -0.429. The standard InChI is InChI=1S/C17H14N2O3S/c20-15-14-11-7-4-8-12(11)23-16(14)19-13(18-15)9-22-17(21)10-5-2-1-3-6-10/h1-3,5-6H,4,7-9H2,(H,18,19,20). The second-order valence-electron chi connectivity index (χ2n) is 5.49. The Labute approximate surface area is 136 Å². The van der Waals surface area contributed by atoms with Crippen LogP contribution in [0.2, 0.25) is 0 Å². The van der Waals surface area contributed by atoms with E-state index in [1.807, 2.05) is 6.07 Å². The van der Waals surface area contributed by atoms with E-state index in [0.29, 0.717) is 16.8 Å². The maximum atomic E-state index is 12.3. The molecule has 0 amide bonds. The number of nitrogens with one attached hydrogen (secondary N) is 1. The number of esters is 1. The van der Waals surface area contributed by atoms with Crippen molar-refractivity contribution in [1.29, 1.82) is 0 Å². The van der Waals surface area contributed by atoms with Crippen LogP contribution in [0.4, 0.5) is 0 Å². The van der Waals surface area contributed by atoms with Crippen LogP contribution in [0, 0.1) is 0 Å². The lowest BCUT2D eigenvalue weighted by atomic mass is 10.2. The summed E-state index contributed by atoms with van der Waals surface area (Å²) in [4.78, 5) is 33.4. The molecular weight excluding hydrogens is 312 g/mol. The first-order chi connectivity index (χ1) is 11.2. The average molecular weight is 326 g/mol. The fourth-order valence-electron chi connectivity index (χ4n) is 2.91. The number of H-pyrrole nitrogens is 1. The second-order valence-corrected chi connectivity index (χ2v) is 6.58. The van der Waals surface area contributed by atoms with Gasteiger partial charge in [-0.2, -0.15) is 0 Å². The van der Waals surface area contributed by atoms with Gasteiger partial charge in [-0.1, -0.05) is 18.2 Å². The van der Waals surface area contributed by atoms with Gasteiger partial charge >= 0.3 is 5.97 Å². The van der Waals surface area contributed by atoms with Gasteiger partial charge in [0.25, 0.3) is 5.56 Å². The summed E-state index contributed by atoms with van der Waals surface area (Å²) < 4.78 is 5.23. The highest BCUT2D eigenvalue weighted by molar-refractivity contribution is 7.18. The Morgan fingerprint density at radius 2 is 2.09 bits per heavy atom. The predicted molar refractivity (Wildman–Crippen MR) is 87.8 cm³/mol. The van der Waals surface area contributed by atoms with Gasteiger partial charge in [-0.15, -0.1) is 11.3 Å². The molecule has 0 atom stereocenters. The third-order valence-electron chi connectivity index (χ3n) is 3.97. The lowest BCUT2D eigenvalue weighted by Crippen LogP contribution is -2.14. The largest absolute Gasteiger partial charge is 0.454 e. The zero-order valence-corrected chi connectivity index (χ0v) is 13.1. The summed E-state index contributed by atoms with van der Waals surface area (Å²) in [5, 5.41) is 0.709. The number of ether oxygens (including phenoxy) is 1. The highest BCUT2D eigenvalue weighted by Gasteiger charge is 2.21. The monoisotopic (exact) mass is 326 g/mol. The second kappa shape index (κ2) is 5.62. The number of carbonyl (C=O) groups excluding carboxylic acids is 1. The number of fused-ring (bicyclic) bond motifs is 3. The first-order valence-corrected chi connectivity index (χ1v) is 8.29. The Morgan fingerprint density at radius 3 is 2.91 bits per heavy atom. The van der Waals surface area contributed by atoms with Crippen LogP contribution in [0.15, 0.2) is 35.1 Å². The molecule has 0 radical (unpaired) electrons. The van der Waals surface area contributed by atoms with Crippen LogP contribution in [-0.4, -0.2) is 15.9 Å². The number of hydrogen-bond acceptors (Lipinski definition) is 5. The molecule has 0 spiro atoms. The summed E-state index contributed by atoms with van der Waals surface area (Å²) in [5.41, 5.74) is 1.48. The number of thiophene rings is 1. The zero-order valence-electron chi connectivity index (χ0n) is 12.3. The van der Waals surface area contributed by atoms with Crippen molar-refractivity contribution >= 4 is 27.5 Å². The number of aromatic nitrogens is 2. The van der Waals surface area contributed by atoms with E-state index >= 15 is 0 Å². The molecule has 1 aliphatic rings. The maximum Gasteiger partial charge on any atom is 0.338 e. The minimum Gasteiger partial charge on any atom is -0.454 e. The van der Waals surface area contributed by atoms with Crippen molar-refractivity contribution in [3.8, 4) is 0 Å². The first kappa shape index (κ1) is 14.1. The molecule has 23 heavy (non-hydrogen) atoms. The molecule has 3 aromatic rings. The van der Waals surface area contributed by atoms with Crippen molar-refractivity contribution in [3.63, 3.8) is 0 Å². The van der Waals surface area contributed by atoms with Crippen LogP contribution >= 0.6 is 11.3 Å². The Bertz CT molecular complexity index is 944. The van der Waals surface area contributed by atoms with Gasteiger partial charge in [0.15, 0.2) is 0 Å². The molecule has 4 rings (SSSR count). The van der Waals surface area contributed by atoms with Crippen LogP contribution in [0.25, 0.3) is 10.2 Å². The fraction of sp³-hybridized carbons (Fsp3) is 0.235. The lowest BCUT2D eigenvalue weighted by molar-refractivity contribution is 0.0462. The van der Waals surface area contributed by atoms with Crippen LogP contribution < -0.4 is 5.56 Å². The average Bonchev–Trinajstić information content (AvgIpc) is 3.13. The molecule has 1 aromatic carbocycles. The Balaban J connectivity index is 1.58. The van der Waals surface area contributed by atoms with E-state index in [-0.39, 0.29) is 12.2 Å². The Morgan fingerprint density at radius 1 is 1.26 bits per heavy atom. The number of aromatic amines is 1. The summed E-state index contributed by atoms with van der Waals surface area (Å²) in [6.07, 6.45) is 3.07. The molecule has 0 saturated heterocycles. The van der Waals surface area contributed by atoms with Crippen LogP contribution in [0.1, 0.15) is 33.0 Å². The normalized spacial score (nSPS) is 13.2. The number of nitrogens with zero attached hydrogens (tertiary/aromatic N) is 1.